The maximum absolute atomic E-state index is 12.8. The molecular weight excluding hydrogens is 235 g/mol. The SMILES string of the molecule is Fc1ccc(NC(=S)N2CCCCCC2)cc1. The predicted molar refractivity (Wildman–Crippen MR) is 72.7 cm³/mol. The van der Waals surface area contributed by atoms with E-state index in [2.05, 4.69) is 10.2 Å². The number of anilines is 1. The van der Waals surface area contributed by atoms with E-state index in [4.69, 9.17) is 12.2 Å². The first-order chi connectivity index (χ1) is 8.25. The zero-order chi connectivity index (χ0) is 12.1. The second-order valence-corrected chi connectivity index (χ2v) is 4.73. The summed E-state index contributed by atoms with van der Waals surface area (Å²) in [5.74, 6) is -0.226. The van der Waals surface area contributed by atoms with Gasteiger partial charge in [0.2, 0.25) is 0 Å². The lowest BCUT2D eigenvalue weighted by molar-refractivity contribution is 0.441. The highest BCUT2D eigenvalue weighted by Crippen LogP contribution is 2.13. The quantitative estimate of drug-likeness (QED) is 0.771. The Balaban J connectivity index is 1.93. The minimum absolute atomic E-state index is 0.226. The maximum Gasteiger partial charge on any atom is 0.173 e. The number of benzene rings is 1. The van der Waals surface area contributed by atoms with E-state index in [1.54, 1.807) is 12.1 Å². The van der Waals surface area contributed by atoms with Gasteiger partial charge in [0.1, 0.15) is 5.82 Å². The van der Waals surface area contributed by atoms with Gasteiger partial charge >= 0.3 is 0 Å². The van der Waals surface area contributed by atoms with Crippen LogP contribution in [0.1, 0.15) is 25.7 Å². The Morgan fingerprint density at radius 3 is 2.24 bits per heavy atom. The van der Waals surface area contributed by atoms with Crippen LogP contribution in [0, 0.1) is 5.82 Å². The first-order valence-electron chi connectivity index (χ1n) is 6.07. The first kappa shape index (κ1) is 12.3. The molecule has 2 rings (SSSR count). The summed E-state index contributed by atoms with van der Waals surface area (Å²) in [4.78, 5) is 2.20. The van der Waals surface area contributed by atoms with Crippen molar-refractivity contribution in [2.75, 3.05) is 18.4 Å². The Kier molecular flexibility index (Phi) is 4.31. The van der Waals surface area contributed by atoms with Gasteiger partial charge in [-0.25, -0.2) is 4.39 Å². The molecule has 92 valence electrons. The van der Waals surface area contributed by atoms with Crippen LogP contribution in [0.5, 0.6) is 0 Å². The molecule has 17 heavy (non-hydrogen) atoms. The van der Waals surface area contributed by atoms with Crippen molar-refractivity contribution < 1.29 is 4.39 Å². The number of nitrogens with one attached hydrogen (secondary N) is 1. The molecule has 0 unspecified atom stereocenters. The third kappa shape index (κ3) is 3.66. The molecule has 1 aliphatic heterocycles. The zero-order valence-electron chi connectivity index (χ0n) is 9.79. The molecule has 0 bridgehead atoms. The molecule has 0 saturated carbocycles. The molecule has 1 saturated heterocycles. The molecular formula is C13H17FN2S. The van der Waals surface area contributed by atoms with Gasteiger partial charge in [-0.2, -0.15) is 0 Å². The van der Waals surface area contributed by atoms with Gasteiger partial charge in [-0.1, -0.05) is 12.8 Å². The van der Waals surface area contributed by atoms with E-state index in [0.29, 0.717) is 0 Å². The molecule has 0 atom stereocenters. The van der Waals surface area contributed by atoms with Crippen LogP contribution in [0.3, 0.4) is 0 Å². The van der Waals surface area contributed by atoms with Gasteiger partial charge < -0.3 is 10.2 Å². The van der Waals surface area contributed by atoms with Gasteiger partial charge in [0.25, 0.3) is 0 Å². The molecule has 1 N–H and O–H groups in total. The predicted octanol–water partition coefficient (Wildman–Crippen LogP) is 3.40. The molecule has 0 spiro atoms. The molecule has 1 aliphatic rings. The molecule has 1 fully saturated rings. The normalized spacial score (nSPS) is 16.4. The average molecular weight is 252 g/mol. The van der Waals surface area contributed by atoms with E-state index in [-0.39, 0.29) is 5.82 Å². The van der Waals surface area contributed by atoms with Gasteiger partial charge in [-0.05, 0) is 49.3 Å². The van der Waals surface area contributed by atoms with Crippen LogP contribution >= 0.6 is 12.2 Å². The molecule has 0 aliphatic carbocycles. The van der Waals surface area contributed by atoms with Crippen LogP contribution in [-0.4, -0.2) is 23.1 Å². The topological polar surface area (TPSA) is 15.3 Å². The molecule has 0 aromatic heterocycles. The van der Waals surface area contributed by atoms with E-state index in [1.165, 1.54) is 37.8 Å². The number of nitrogens with zero attached hydrogens (tertiary/aromatic N) is 1. The fraction of sp³-hybridized carbons (Fsp3) is 0.462. The lowest BCUT2D eigenvalue weighted by Gasteiger charge is -2.23. The Hall–Kier alpha value is -1.16. The number of thiocarbonyl (C=S) groups is 1. The third-order valence-corrected chi connectivity index (χ3v) is 3.35. The van der Waals surface area contributed by atoms with E-state index >= 15 is 0 Å². The van der Waals surface area contributed by atoms with Crippen molar-refractivity contribution in [2.24, 2.45) is 0 Å². The number of rotatable bonds is 1. The van der Waals surface area contributed by atoms with Crippen molar-refractivity contribution in [3.8, 4) is 0 Å². The van der Waals surface area contributed by atoms with Gasteiger partial charge in [-0.15, -0.1) is 0 Å². The first-order valence-corrected chi connectivity index (χ1v) is 6.48. The average Bonchev–Trinajstić information content (AvgIpc) is 2.61. The Labute approximate surface area is 107 Å². The molecule has 1 aromatic carbocycles. The minimum atomic E-state index is -0.226. The molecule has 0 amide bonds. The van der Waals surface area contributed by atoms with E-state index in [9.17, 15) is 4.39 Å². The minimum Gasteiger partial charge on any atom is -0.349 e. The molecule has 0 radical (unpaired) electrons. The monoisotopic (exact) mass is 252 g/mol. The second kappa shape index (κ2) is 5.96. The Morgan fingerprint density at radius 2 is 1.65 bits per heavy atom. The summed E-state index contributed by atoms with van der Waals surface area (Å²) in [6.45, 7) is 2.04. The molecule has 1 heterocycles. The standard InChI is InChI=1S/C13H17FN2S/c14-11-5-7-12(8-6-11)15-13(17)16-9-3-1-2-4-10-16/h5-8H,1-4,9-10H2,(H,15,17). The highest BCUT2D eigenvalue weighted by atomic mass is 32.1. The summed E-state index contributed by atoms with van der Waals surface area (Å²) in [6, 6.07) is 6.29. The summed E-state index contributed by atoms with van der Waals surface area (Å²) < 4.78 is 12.8. The van der Waals surface area contributed by atoms with Crippen LogP contribution in [0.2, 0.25) is 0 Å². The summed E-state index contributed by atoms with van der Waals surface area (Å²) in [7, 11) is 0. The smallest absolute Gasteiger partial charge is 0.173 e. The Bertz CT molecular complexity index is 370. The van der Waals surface area contributed by atoms with Crippen molar-refractivity contribution in [1.29, 1.82) is 0 Å². The fourth-order valence-electron chi connectivity index (χ4n) is 2.01. The summed E-state index contributed by atoms with van der Waals surface area (Å²) in [5, 5.41) is 3.91. The van der Waals surface area contributed by atoms with Crippen molar-refractivity contribution in [2.45, 2.75) is 25.7 Å². The van der Waals surface area contributed by atoms with Gasteiger partial charge in [0.15, 0.2) is 5.11 Å². The third-order valence-electron chi connectivity index (χ3n) is 2.99. The summed E-state index contributed by atoms with van der Waals surface area (Å²) in [5.41, 5.74) is 0.848. The van der Waals surface area contributed by atoms with Crippen LogP contribution in [-0.2, 0) is 0 Å². The second-order valence-electron chi connectivity index (χ2n) is 4.34. The molecule has 2 nitrogen and oxygen atoms in total. The zero-order valence-corrected chi connectivity index (χ0v) is 10.6. The van der Waals surface area contributed by atoms with E-state index in [0.717, 1.165) is 23.9 Å². The highest BCUT2D eigenvalue weighted by molar-refractivity contribution is 7.80. The van der Waals surface area contributed by atoms with Crippen LogP contribution in [0.25, 0.3) is 0 Å². The van der Waals surface area contributed by atoms with Crippen LogP contribution in [0.4, 0.5) is 10.1 Å². The Morgan fingerprint density at radius 1 is 1.06 bits per heavy atom. The van der Waals surface area contributed by atoms with Crippen molar-refractivity contribution in [1.82, 2.24) is 4.90 Å². The van der Waals surface area contributed by atoms with Crippen LogP contribution < -0.4 is 5.32 Å². The highest BCUT2D eigenvalue weighted by Gasteiger charge is 2.12. The van der Waals surface area contributed by atoms with Gasteiger partial charge in [-0.3, -0.25) is 0 Å². The van der Waals surface area contributed by atoms with Crippen molar-refractivity contribution >= 4 is 23.0 Å². The maximum atomic E-state index is 12.8. The van der Waals surface area contributed by atoms with Gasteiger partial charge in [0.05, 0.1) is 0 Å². The number of halogens is 1. The summed E-state index contributed by atoms with van der Waals surface area (Å²) >= 11 is 5.37. The van der Waals surface area contributed by atoms with E-state index < -0.39 is 0 Å². The lowest BCUT2D eigenvalue weighted by atomic mass is 10.2. The molecule has 4 heteroatoms. The van der Waals surface area contributed by atoms with E-state index in [1.807, 2.05) is 0 Å². The largest absolute Gasteiger partial charge is 0.349 e. The molecule has 1 aromatic rings. The van der Waals surface area contributed by atoms with Crippen molar-refractivity contribution in [3.05, 3.63) is 30.1 Å². The van der Waals surface area contributed by atoms with Crippen molar-refractivity contribution in [3.63, 3.8) is 0 Å². The van der Waals surface area contributed by atoms with Crippen LogP contribution in [0.15, 0.2) is 24.3 Å². The number of likely N-dealkylation sites (tertiary alicyclic amines) is 1. The number of hydrogen-bond donors (Lipinski definition) is 1. The summed E-state index contributed by atoms with van der Waals surface area (Å²) in [6.07, 6.45) is 4.97. The lowest BCUT2D eigenvalue weighted by Crippen LogP contribution is -2.35. The number of hydrogen-bond acceptors (Lipinski definition) is 1. The van der Waals surface area contributed by atoms with Gasteiger partial charge in [0, 0.05) is 18.8 Å². The fourth-order valence-corrected chi connectivity index (χ4v) is 2.31.